The Kier molecular flexibility index (Phi) is 9.85. The minimum Gasteiger partial charge on any atom is -0.382 e. The van der Waals surface area contributed by atoms with Gasteiger partial charge < -0.3 is 16.2 Å². The standard InChI is InChI=1S/C20H26N2O2.ClH/c21-18(15-17-12-5-2-6-13-17)19(23)20(24)22-14-8-7-11-16-9-3-1-4-10-16;/h1-6,9-10,12-13,18-19,23H,7-8,11,14-15,21H2,(H,22,24);1H/t18-,19?;/m1./s1. The Morgan fingerprint density at radius 3 is 2.12 bits per heavy atom. The van der Waals surface area contributed by atoms with Gasteiger partial charge >= 0.3 is 0 Å². The fourth-order valence-electron chi connectivity index (χ4n) is 2.61. The molecule has 0 spiro atoms. The Labute approximate surface area is 155 Å². The third-order valence-electron chi connectivity index (χ3n) is 4.02. The molecule has 25 heavy (non-hydrogen) atoms. The molecule has 0 aromatic heterocycles. The van der Waals surface area contributed by atoms with Crippen molar-refractivity contribution in [2.45, 2.75) is 37.8 Å². The number of aliphatic hydroxyl groups is 1. The minimum atomic E-state index is -1.18. The van der Waals surface area contributed by atoms with Crippen LogP contribution in [-0.4, -0.2) is 29.7 Å². The summed E-state index contributed by atoms with van der Waals surface area (Å²) in [4.78, 5) is 12.0. The molecule has 136 valence electrons. The zero-order valence-corrected chi connectivity index (χ0v) is 15.1. The van der Waals surface area contributed by atoms with Gasteiger partial charge in [-0.05, 0) is 36.8 Å². The van der Waals surface area contributed by atoms with Gasteiger partial charge in [0.05, 0.1) is 0 Å². The molecule has 1 amide bonds. The topological polar surface area (TPSA) is 75.3 Å². The Hall–Kier alpha value is -1.88. The third-order valence-corrected chi connectivity index (χ3v) is 4.02. The molecule has 0 aliphatic heterocycles. The lowest BCUT2D eigenvalue weighted by atomic mass is 10.0. The number of aliphatic hydroxyl groups excluding tert-OH is 1. The summed E-state index contributed by atoms with van der Waals surface area (Å²) in [6.07, 6.45) is 2.16. The van der Waals surface area contributed by atoms with Crippen molar-refractivity contribution >= 4 is 18.3 Å². The Morgan fingerprint density at radius 2 is 1.52 bits per heavy atom. The van der Waals surface area contributed by atoms with Crippen LogP contribution in [0.3, 0.4) is 0 Å². The summed E-state index contributed by atoms with van der Waals surface area (Å²) in [5, 5.41) is 12.8. The van der Waals surface area contributed by atoms with Crippen molar-refractivity contribution in [2.24, 2.45) is 5.73 Å². The fourth-order valence-corrected chi connectivity index (χ4v) is 2.61. The molecule has 0 radical (unpaired) electrons. The normalized spacial score (nSPS) is 12.7. The molecule has 0 heterocycles. The van der Waals surface area contributed by atoms with Crippen LogP contribution in [0.25, 0.3) is 0 Å². The highest BCUT2D eigenvalue weighted by Crippen LogP contribution is 2.06. The zero-order valence-electron chi connectivity index (χ0n) is 14.3. The number of carbonyl (C=O) groups excluding carboxylic acids is 1. The van der Waals surface area contributed by atoms with Crippen molar-refractivity contribution in [1.82, 2.24) is 5.32 Å². The van der Waals surface area contributed by atoms with Gasteiger partial charge in [0.15, 0.2) is 0 Å². The molecule has 0 bridgehead atoms. The second-order valence-corrected chi connectivity index (χ2v) is 6.03. The van der Waals surface area contributed by atoms with Crippen molar-refractivity contribution in [3.05, 3.63) is 71.8 Å². The number of halogens is 1. The van der Waals surface area contributed by atoms with Gasteiger partial charge in [0, 0.05) is 12.6 Å². The van der Waals surface area contributed by atoms with Gasteiger partial charge in [-0.25, -0.2) is 0 Å². The summed E-state index contributed by atoms with van der Waals surface area (Å²) < 4.78 is 0. The quantitative estimate of drug-likeness (QED) is 0.600. The lowest BCUT2D eigenvalue weighted by molar-refractivity contribution is -0.130. The molecule has 2 aromatic carbocycles. The van der Waals surface area contributed by atoms with Crippen LogP contribution in [0.1, 0.15) is 24.0 Å². The molecule has 0 aliphatic rings. The average molecular weight is 363 g/mol. The van der Waals surface area contributed by atoms with E-state index in [9.17, 15) is 9.90 Å². The van der Waals surface area contributed by atoms with E-state index >= 15 is 0 Å². The van der Waals surface area contributed by atoms with Crippen molar-refractivity contribution in [1.29, 1.82) is 0 Å². The summed E-state index contributed by atoms with van der Waals surface area (Å²) in [6, 6.07) is 19.3. The molecular weight excluding hydrogens is 336 g/mol. The first-order valence-electron chi connectivity index (χ1n) is 8.46. The van der Waals surface area contributed by atoms with Gasteiger partial charge in [0.2, 0.25) is 5.91 Å². The summed E-state index contributed by atoms with van der Waals surface area (Å²) >= 11 is 0. The van der Waals surface area contributed by atoms with Gasteiger partial charge in [-0.2, -0.15) is 0 Å². The van der Waals surface area contributed by atoms with E-state index in [0.717, 1.165) is 24.8 Å². The predicted octanol–water partition coefficient (Wildman–Crippen LogP) is 2.48. The second kappa shape index (κ2) is 11.6. The number of nitrogens with one attached hydrogen (secondary N) is 1. The Bertz CT molecular complexity index is 608. The van der Waals surface area contributed by atoms with Gasteiger partial charge in [-0.1, -0.05) is 60.7 Å². The van der Waals surface area contributed by atoms with E-state index in [0.29, 0.717) is 13.0 Å². The third kappa shape index (κ3) is 7.69. The summed E-state index contributed by atoms with van der Waals surface area (Å²) in [6.45, 7) is 0.556. The number of aryl methyl sites for hydroxylation is 1. The van der Waals surface area contributed by atoms with Gasteiger partial charge in [-0.15, -0.1) is 12.4 Å². The second-order valence-electron chi connectivity index (χ2n) is 6.03. The molecule has 0 aliphatic carbocycles. The van der Waals surface area contributed by atoms with Crippen LogP contribution < -0.4 is 11.1 Å². The maximum absolute atomic E-state index is 12.0. The Morgan fingerprint density at radius 1 is 0.960 bits per heavy atom. The molecule has 2 aromatic rings. The van der Waals surface area contributed by atoms with Gasteiger partial charge in [-0.3, -0.25) is 4.79 Å². The highest BCUT2D eigenvalue weighted by Gasteiger charge is 2.22. The van der Waals surface area contributed by atoms with E-state index in [1.54, 1.807) is 0 Å². The van der Waals surface area contributed by atoms with E-state index in [4.69, 9.17) is 5.73 Å². The molecule has 4 N–H and O–H groups in total. The first-order chi connectivity index (χ1) is 11.7. The van der Waals surface area contributed by atoms with Crippen molar-refractivity contribution in [3.63, 3.8) is 0 Å². The van der Waals surface area contributed by atoms with Crippen molar-refractivity contribution in [2.75, 3.05) is 6.54 Å². The lowest BCUT2D eigenvalue weighted by Gasteiger charge is -2.18. The van der Waals surface area contributed by atoms with Crippen molar-refractivity contribution < 1.29 is 9.90 Å². The summed E-state index contributed by atoms with van der Waals surface area (Å²) in [5.74, 6) is -0.391. The van der Waals surface area contributed by atoms with Crippen LogP contribution >= 0.6 is 12.4 Å². The van der Waals surface area contributed by atoms with E-state index in [1.165, 1.54) is 5.56 Å². The number of rotatable bonds is 9. The number of carbonyl (C=O) groups is 1. The largest absolute Gasteiger partial charge is 0.382 e. The molecule has 0 fully saturated rings. The van der Waals surface area contributed by atoms with Crippen LogP contribution in [-0.2, 0) is 17.6 Å². The zero-order chi connectivity index (χ0) is 17.2. The number of amides is 1. The molecule has 2 rings (SSSR count). The minimum absolute atomic E-state index is 0. The highest BCUT2D eigenvalue weighted by molar-refractivity contribution is 5.85. The number of nitrogens with two attached hydrogens (primary N) is 1. The Balaban J connectivity index is 0.00000312. The predicted molar refractivity (Wildman–Crippen MR) is 104 cm³/mol. The highest BCUT2D eigenvalue weighted by atomic mass is 35.5. The molecule has 5 heteroatoms. The van der Waals surface area contributed by atoms with E-state index in [1.807, 2.05) is 48.5 Å². The van der Waals surface area contributed by atoms with Gasteiger partial charge in [0.1, 0.15) is 6.10 Å². The maximum Gasteiger partial charge on any atom is 0.250 e. The number of hydrogen-bond acceptors (Lipinski definition) is 3. The van der Waals surface area contributed by atoms with Crippen LogP contribution in [0.5, 0.6) is 0 Å². The van der Waals surface area contributed by atoms with Crippen LogP contribution in [0, 0.1) is 0 Å². The number of benzene rings is 2. The fraction of sp³-hybridized carbons (Fsp3) is 0.350. The molecule has 0 saturated heterocycles. The number of hydrogen-bond donors (Lipinski definition) is 3. The first-order valence-corrected chi connectivity index (χ1v) is 8.46. The van der Waals surface area contributed by atoms with Crippen LogP contribution in [0.2, 0.25) is 0 Å². The summed E-state index contributed by atoms with van der Waals surface area (Å²) in [5.41, 5.74) is 8.26. The van der Waals surface area contributed by atoms with E-state index in [-0.39, 0.29) is 12.4 Å². The molecule has 1 unspecified atom stereocenters. The van der Waals surface area contributed by atoms with Crippen LogP contribution in [0.4, 0.5) is 0 Å². The monoisotopic (exact) mass is 362 g/mol. The first kappa shape index (κ1) is 21.2. The maximum atomic E-state index is 12.0. The van der Waals surface area contributed by atoms with Crippen molar-refractivity contribution in [3.8, 4) is 0 Å². The van der Waals surface area contributed by atoms with Crippen LogP contribution in [0.15, 0.2) is 60.7 Å². The molecule has 2 atom stereocenters. The summed E-state index contributed by atoms with van der Waals surface area (Å²) in [7, 11) is 0. The molecular formula is C20H27ClN2O2. The number of unbranched alkanes of at least 4 members (excludes halogenated alkanes) is 1. The lowest BCUT2D eigenvalue weighted by Crippen LogP contribution is -2.47. The SMILES string of the molecule is Cl.N[C@H](Cc1ccccc1)C(O)C(=O)NCCCCc1ccccc1. The van der Waals surface area contributed by atoms with E-state index in [2.05, 4.69) is 17.4 Å². The molecule has 4 nitrogen and oxygen atoms in total. The average Bonchev–Trinajstić information content (AvgIpc) is 2.62. The van der Waals surface area contributed by atoms with E-state index < -0.39 is 18.1 Å². The molecule has 0 saturated carbocycles. The smallest absolute Gasteiger partial charge is 0.250 e. The van der Waals surface area contributed by atoms with Gasteiger partial charge in [0.25, 0.3) is 0 Å².